The third-order valence-corrected chi connectivity index (χ3v) is 0.820. The smallest absolute Gasteiger partial charge is 0.328 e. The van der Waals surface area contributed by atoms with Crippen LogP contribution < -0.4 is 0 Å². The number of carbonyl (C=O) groups excluding carboxylic acids is 1. The van der Waals surface area contributed by atoms with Gasteiger partial charge in [0, 0.05) is 6.08 Å². The fourth-order valence-corrected chi connectivity index (χ4v) is 0.366. The summed E-state index contributed by atoms with van der Waals surface area (Å²) in [6, 6.07) is 0. The van der Waals surface area contributed by atoms with E-state index in [1.54, 1.807) is 6.92 Å². The lowest BCUT2D eigenvalue weighted by Gasteiger charge is -1.83. The van der Waals surface area contributed by atoms with Crippen molar-refractivity contribution < 1.29 is 14.7 Å². The first-order chi connectivity index (χ1) is 4.66. The van der Waals surface area contributed by atoms with Gasteiger partial charge in [-0.25, -0.2) is 4.79 Å². The summed E-state index contributed by atoms with van der Waals surface area (Å²) in [6.07, 6.45) is 4.24. The number of carbonyl (C=O) groups is 2. The highest BCUT2D eigenvalue weighted by molar-refractivity contribution is 5.80. The Morgan fingerprint density at radius 3 is 2.40 bits per heavy atom. The third-order valence-electron chi connectivity index (χ3n) is 0.820. The Kier molecular flexibility index (Phi) is 3.87. The summed E-state index contributed by atoms with van der Waals surface area (Å²) in [5.41, 5.74) is 0.623. The molecule has 0 aliphatic rings. The number of rotatable bonds is 3. The summed E-state index contributed by atoms with van der Waals surface area (Å²) >= 11 is 0. The maximum atomic E-state index is 9.91. The fraction of sp³-hybridized carbons (Fsp3) is 0.143. The van der Waals surface area contributed by atoms with Gasteiger partial charge in [-0.15, -0.1) is 0 Å². The average molecular weight is 140 g/mol. The number of hydrogen-bond donors (Lipinski definition) is 1. The van der Waals surface area contributed by atoms with Crippen LogP contribution in [0, 0.1) is 0 Å². The van der Waals surface area contributed by atoms with Gasteiger partial charge in [0.15, 0.2) is 0 Å². The first kappa shape index (κ1) is 8.62. The average Bonchev–Trinajstić information content (AvgIpc) is 1.85. The normalized spacial score (nSPS) is 11.9. The molecule has 1 N–H and O–H groups in total. The molecule has 0 radical (unpaired) electrons. The lowest BCUT2D eigenvalue weighted by Crippen LogP contribution is -1.85. The van der Waals surface area contributed by atoms with Crippen LogP contribution in [-0.2, 0) is 9.59 Å². The summed E-state index contributed by atoms with van der Waals surface area (Å²) < 4.78 is 0. The van der Waals surface area contributed by atoms with E-state index in [9.17, 15) is 9.59 Å². The molecular weight excluding hydrogens is 132 g/mol. The van der Waals surface area contributed by atoms with Crippen molar-refractivity contribution in [3.05, 3.63) is 23.8 Å². The molecule has 0 rings (SSSR count). The van der Waals surface area contributed by atoms with Crippen LogP contribution in [0.25, 0.3) is 0 Å². The standard InChI is InChI=1S/C7H8O3/c1-6(4-5-8)2-3-7(9)10/h2-5H,1H3,(H,9,10). The highest BCUT2D eigenvalue weighted by Crippen LogP contribution is 1.91. The minimum atomic E-state index is -1.02. The Bertz CT molecular complexity index is 189. The van der Waals surface area contributed by atoms with E-state index in [4.69, 9.17) is 5.11 Å². The van der Waals surface area contributed by atoms with Gasteiger partial charge in [0.05, 0.1) is 0 Å². The van der Waals surface area contributed by atoms with Gasteiger partial charge >= 0.3 is 5.97 Å². The summed E-state index contributed by atoms with van der Waals surface area (Å²) in [5, 5.41) is 8.13. The molecule has 10 heavy (non-hydrogen) atoms. The van der Waals surface area contributed by atoms with Gasteiger partial charge in [-0.05, 0) is 18.6 Å². The van der Waals surface area contributed by atoms with E-state index in [0.29, 0.717) is 11.9 Å². The minimum Gasteiger partial charge on any atom is -0.478 e. The molecule has 0 bridgehead atoms. The van der Waals surface area contributed by atoms with Gasteiger partial charge in [0.25, 0.3) is 0 Å². The van der Waals surface area contributed by atoms with Crippen molar-refractivity contribution in [3.63, 3.8) is 0 Å². The zero-order valence-electron chi connectivity index (χ0n) is 5.57. The monoisotopic (exact) mass is 140 g/mol. The highest BCUT2D eigenvalue weighted by atomic mass is 16.4. The van der Waals surface area contributed by atoms with Crippen molar-refractivity contribution in [1.29, 1.82) is 0 Å². The molecule has 3 heteroatoms. The molecule has 0 aromatic carbocycles. The summed E-state index contributed by atoms with van der Waals surface area (Å²) in [5.74, 6) is -1.02. The number of aldehydes is 1. The van der Waals surface area contributed by atoms with E-state index in [1.807, 2.05) is 0 Å². The van der Waals surface area contributed by atoms with Crippen LogP contribution in [0.2, 0.25) is 0 Å². The van der Waals surface area contributed by atoms with E-state index in [1.165, 1.54) is 12.2 Å². The molecule has 0 aromatic rings. The zero-order valence-corrected chi connectivity index (χ0v) is 5.57. The van der Waals surface area contributed by atoms with Crippen molar-refractivity contribution in [2.24, 2.45) is 0 Å². The number of carboxylic acid groups (broad SMARTS) is 1. The van der Waals surface area contributed by atoms with Gasteiger partial charge < -0.3 is 5.11 Å². The van der Waals surface area contributed by atoms with E-state index in [0.717, 1.165) is 6.08 Å². The van der Waals surface area contributed by atoms with Gasteiger partial charge in [0.2, 0.25) is 0 Å². The molecule has 0 saturated carbocycles. The SMILES string of the molecule is CC(C=CC(=O)O)=CC=O. The first-order valence-electron chi connectivity index (χ1n) is 2.70. The van der Waals surface area contributed by atoms with Gasteiger partial charge in [-0.1, -0.05) is 6.08 Å². The van der Waals surface area contributed by atoms with E-state index < -0.39 is 5.97 Å². The summed E-state index contributed by atoms with van der Waals surface area (Å²) in [4.78, 5) is 19.7. The molecule has 0 saturated heterocycles. The molecule has 0 spiro atoms. The largest absolute Gasteiger partial charge is 0.478 e. The number of hydrogen-bond acceptors (Lipinski definition) is 2. The molecule has 0 heterocycles. The zero-order chi connectivity index (χ0) is 7.98. The van der Waals surface area contributed by atoms with Crippen LogP contribution in [0.5, 0.6) is 0 Å². The number of allylic oxidation sites excluding steroid dienone is 3. The van der Waals surface area contributed by atoms with Crippen molar-refractivity contribution >= 4 is 12.3 Å². The van der Waals surface area contributed by atoms with Gasteiger partial charge in [-0.3, -0.25) is 4.79 Å². The second kappa shape index (κ2) is 4.49. The lowest BCUT2D eigenvalue weighted by molar-refractivity contribution is -0.131. The maximum Gasteiger partial charge on any atom is 0.328 e. The third kappa shape index (κ3) is 4.77. The molecule has 0 fully saturated rings. The van der Waals surface area contributed by atoms with Crippen LogP contribution >= 0.6 is 0 Å². The van der Waals surface area contributed by atoms with E-state index >= 15 is 0 Å². The number of aliphatic carboxylic acids is 1. The van der Waals surface area contributed by atoms with Crippen LogP contribution in [-0.4, -0.2) is 17.4 Å². The van der Waals surface area contributed by atoms with E-state index in [-0.39, 0.29) is 0 Å². The quantitative estimate of drug-likeness (QED) is 0.358. The first-order valence-corrected chi connectivity index (χ1v) is 2.70. The maximum absolute atomic E-state index is 9.91. The lowest BCUT2D eigenvalue weighted by atomic mass is 10.2. The molecule has 0 aromatic heterocycles. The molecular formula is C7H8O3. The Labute approximate surface area is 58.7 Å². The Morgan fingerprint density at radius 2 is 2.00 bits per heavy atom. The second-order valence-electron chi connectivity index (χ2n) is 1.72. The van der Waals surface area contributed by atoms with Crippen LogP contribution in [0.4, 0.5) is 0 Å². The molecule has 3 nitrogen and oxygen atoms in total. The summed E-state index contributed by atoms with van der Waals surface area (Å²) in [6.45, 7) is 1.65. The Morgan fingerprint density at radius 1 is 1.40 bits per heavy atom. The molecule has 0 atom stereocenters. The molecule has 0 aliphatic heterocycles. The number of carboxylic acids is 1. The predicted molar refractivity (Wildman–Crippen MR) is 36.6 cm³/mol. The fourth-order valence-electron chi connectivity index (χ4n) is 0.366. The van der Waals surface area contributed by atoms with Crippen molar-refractivity contribution in [2.45, 2.75) is 6.92 Å². The second-order valence-corrected chi connectivity index (χ2v) is 1.72. The Balaban J connectivity index is 4.01. The van der Waals surface area contributed by atoms with E-state index in [2.05, 4.69) is 0 Å². The molecule has 0 unspecified atom stereocenters. The predicted octanol–water partition coefficient (Wildman–Crippen LogP) is 0.772. The highest BCUT2D eigenvalue weighted by Gasteiger charge is 1.84. The van der Waals surface area contributed by atoms with Gasteiger partial charge in [0.1, 0.15) is 6.29 Å². The minimum absolute atomic E-state index is 0.613. The van der Waals surface area contributed by atoms with Crippen molar-refractivity contribution in [2.75, 3.05) is 0 Å². The van der Waals surface area contributed by atoms with Crippen molar-refractivity contribution in [1.82, 2.24) is 0 Å². The van der Waals surface area contributed by atoms with Crippen molar-refractivity contribution in [3.8, 4) is 0 Å². The van der Waals surface area contributed by atoms with Crippen LogP contribution in [0.15, 0.2) is 23.8 Å². The van der Waals surface area contributed by atoms with Crippen LogP contribution in [0.1, 0.15) is 6.92 Å². The molecule has 0 amide bonds. The van der Waals surface area contributed by atoms with Crippen LogP contribution in [0.3, 0.4) is 0 Å². The van der Waals surface area contributed by atoms with Gasteiger partial charge in [-0.2, -0.15) is 0 Å². The topological polar surface area (TPSA) is 54.4 Å². The molecule has 54 valence electrons. The summed E-state index contributed by atoms with van der Waals surface area (Å²) in [7, 11) is 0. The molecule has 0 aliphatic carbocycles. The Hall–Kier alpha value is -1.38.